The molecule has 4 heterocycles. The number of ether oxygens (including phenoxy) is 1. The minimum absolute atomic E-state index is 0.255. The summed E-state index contributed by atoms with van der Waals surface area (Å²) in [6.45, 7) is 5.21. The lowest BCUT2D eigenvalue weighted by molar-refractivity contribution is 0.393. The first-order chi connectivity index (χ1) is 17.0. The van der Waals surface area contributed by atoms with Gasteiger partial charge in [0.15, 0.2) is 0 Å². The maximum atomic E-state index is 14.1. The molecule has 7 nitrogen and oxygen atoms in total. The van der Waals surface area contributed by atoms with Crippen LogP contribution in [0.2, 0.25) is 0 Å². The number of halogens is 1. The van der Waals surface area contributed by atoms with E-state index < -0.39 is 6.67 Å². The third-order valence-corrected chi connectivity index (χ3v) is 6.75. The van der Waals surface area contributed by atoms with Gasteiger partial charge < -0.3 is 14.2 Å². The minimum Gasteiger partial charge on any atom is -0.496 e. The molecule has 1 N–H and O–H groups in total. The van der Waals surface area contributed by atoms with E-state index in [4.69, 9.17) is 19.2 Å². The Bertz CT molecular complexity index is 1630. The van der Waals surface area contributed by atoms with E-state index in [1.165, 1.54) is 0 Å². The number of pyridine rings is 1. The summed E-state index contributed by atoms with van der Waals surface area (Å²) in [6, 6.07) is 5.96. The maximum Gasteiger partial charge on any atom is 0.142 e. The summed E-state index contributed by atoms with van der Waals surface area (Å²) in [5.41, 5.74) is 7.52. The molecule has 4 aromatic heterocycles. The second-order valence-corrected chi connectivity index (χ2v) is 8.91. The number of rotatable bonds is 4. The molecule has 0 amide bonds. The lowest BCUT2D eigenvalue weighted by atomic mass is 9.85. The van der Waals surface area contributed by atoms with Gasteiger partial charge in [-0.05, 0) is 57.0 Å². The smallest absolute Gasteiger partial charge is 0.142 e. The number of aryl methyl sites for hydroxylation is 3. The molecule has 8 heteroatoms. The molecular weight excluding hydrogens is 445 g/mol. The number of aromatic amines is 1. The van der Waals surface area contributed by atoms with Crippen LogP contribution in [0.3, 0.4) is 0 Å². The van der Waals surface area contributed by atoms with Gasteiger partial charge in [-0.1, -0.05) is 11.2 Å². The standard InChI is InChI=1S/C27H24FN5O2/c1-13-23(14(2)35-33-13)19-10-21-18(11-22(19)34-4)25-26(30-15(3)31-27(25)32-21)17-8-9-29-20-7-5-6-16(12-28)24(17)20/h5,7-11,16H,6,12H2,1-4H3,(H,30,31,32). The van der Waals surface area contributed by atoms with E-state index in [1.54, 1.807) is 13.3 Å². The summed E-state index contributed by atoms with van der Waals surface area (Å²) in [5, 5.41) is 5.90. The van der Waals surface area contributed by atoms with Gasteiger partial charge in [0.2, 0.25) is 0 Å². The maximum absolute atomic E-state index is 14.1. The first-order valence-corrected chi connectivity index (χ1v) is 11.5. The second-order valence-electron chi connectivity index (χ2n) is 8.91. The van der Waals surface area contributed by atoms with Gasteiger partial charge in [-0.2, -0.15) is 0 Å². The van der Waals surface area contributed by atoms with Crippen LogP contribution in [0.4, 0.5) is 4.39 Å². The Morgan fingerprint density at radius 3 is 2.77 bits per heavy atom. The monoisotopic (exact) mass is 469 g/mol. The number of alkyl halides is 1. The van der Waals surface area contributed by atoms with Crippen molar-refractivity contribution in [3.63, 3.8) is 0 Å². The summed E-state index contributed by atoms with van der Waals surface area (Å²) in [4.78, 5) is 17.5. The normalized spacial score (nSPS) is 15.2. The van der Waals surface area contributed by atoms with Gasteiger partial charge in [0.05, 0.1) is 41.8 Å². The molecule has 0 spiro atoms. The van der Waals surface area contributed by atoms with E-state index >= 15 is 0 Å². The van der Waals surface area contributed by atoms with Crippen molar-refractivity contribution in [2.24, 2.45) is 0 Å². The van der Waals surface area contributed by atoms with E-state index in [1.807, 2.05) is 51.1 Å². The van der Waals surface area contributed by atoms with E-state index in [-0.39, 0.29) is 5.92 Å². The van der Waals surface area contributed by atoms with Crippen molar-refractivity contribution in [2.45, 2.75) is 33.1 Å². The lowest BCUT2D eigenvalue weighted by Gasteiger charge is -2.22. The highest BCUT2D eigenvalue weighted by Gasteiger charge is 2.26. The van der Waals surface area contributed by atoms with Crippen LogP contribution in [0, 0.1) is 20.8 Å². The highest BCUT2D eigenvalue weighted by Crippen LogP contribution is 2.43. The average Bonchev–Trinajstić information content (AvgIpc) is 3.39. The Balaban J connectivity index is 1.68. The van der Waals surface area contributed by atoms with Crippen molar-refractivity contribution >= 4 is 28.0 Å². The van der Waals surface area contributed by atoms with Crippen LogP contribution in [0.1, 0.15) is 40.9 Å². The van der Waals surface area contributed by atoms with Crippen LogP contribution in [-0.2, 0) is 0 Å². The quantitative estimate of drug-likeness (QED) is 0.335. The number of H-pyrrole nitrogens is 1. The van der Waals surface area contributed by atoms with E-state index in [2.05, 4.69) is 15.1 Å². The molecule has 6 rings (SSSR count). The zero-order chi connectivity index (χ0) is 24.3. The number of fused-ring (bicyclic) bond motifs is 4. The molecule has 0 bridgehead atoms. The van der Waals surface area contributed by atoms with Crippen molar-refractivity contribution in [1.29, 1.82) is 0 Å². The van der Waals surface area contributed by atoms with E-state index in [9.17, 15) is 4.39 Å². The van der Waals surface area contributed by atoms with Crippen LogP contribution < -0.4 is 4.74 Å². The summed E-state index contributed by atoms with van der Waals surface area (Å²) in [5.74, 6) is 1.79. The Morgan fingerprint density at radius 2 is 2.03 bits per heavy atom. The summed E-state index contributed by atoms with van der Waals surface area (Å²) >= 11 is 0. The highest BCUT2D eigenvalue weighted by atomic mass is 19.1. The number of methoxy groups -OCH3 is 1. The van der Waals surface area contributed by atoms with Crippen LogP contribution in [-0.4, -0.2) is 38.9 Å². The largest absolute Gasteiger partial charge is 0.496 e. The predicted molar refractivity (Wildman–Crippen MR) is 133 cm³/mol. The summed E-state index contributed by atoms with van der Waals surface area (Å²) < 4.78 is 25.3. The number of hydrogen-bond acceptors (Lipinski definition) is 6. The zero-order valence-electron chi connectivity index (χ0n) is 19.9. The highest BCUT2D eigenvalue weighted by molar-refractivity contribution is 6.14. The van der Waals surface area contributed by atoms with Gasteiger partial charge in [-0.15, -0.1) is 0 Å². The molecule has 5 aromatic rings. The molecule has 0 aliphatic heterocycles. The Labute approximate surface area is 201 Å². The van der Waals surface area contributed by atoms with Crippen molar-refractivity contribution in [3.05, 3.63) is 59.0 Å². The molecule has 0 saturated heterocycles. The van der Waals surface area contributed by atoms with Crippen LogP contribution in [0.25, 0.3) is 50.4 Å². The van der Waals surface area contributed by atoms with Crippen molar-refractivity contribution in [3.8, 4) is 28.1 Å². The fourth-order valence-electron chi connectivity index (χ4n) is 5.22. The second kappa shape index (κ2) is 8.01. The van der Waals surface area contributed by atoms with Crippen LogP contribution in [0.5, 0.6) is 5.75 Å². The third kappa shape index (κ3) is 3.24. The summed E-state index contributed by atoms with van der Waals surface area (Å²) in [6.07, 6.45) is 6.34. The molecular formula is C27H24FN5O2. The van der Waals surface area contributed by atoms with Gasteiger partial charge in [0, 0.05) is 34.1 Å². The molecule has 1 aliphatic rings. The first kappa shape index (κ1) is 21.5. The van der Waals surface area contributed by atoms with Crippen molar-refractivity contribution in [2.75, 3.05) is 13.8 Å². The van der Waals surface area contributed by atoms with Crippen LogP contribution in [0.15, 0.2) is 35.0 Å². The topological polar surface area (TPSA) is 89.7 Å². The molecule has 35 heavy (non-hydrogen) atoms. The lowest BCUT2D eigenvalue weighted by Crippen LogP contribution is -2.10. The number of benzene rings is 1. The van der Waals surface area contributed by atoms with E-state index in [0.717, 1.165) is 61.4 Å². The fraction of sp³-hybridized carbons (Fsp3) is 0.259. The number of nitrogens with one attached hydrogen (secondary N) is 1. The van der Waals surface area contributed by atoms with Gasteiger partial charge in [0.25, 0.3) is 0 Å². The van der Waals surface area contributed by atoms with Crippen molar-refractivity contribution < 1.29 is 13.7 Å². The van der Waals surface area contributed by atoms with Gasteiger partial charge in [0.1, 0.15) is 23.0 Å². The molecule has 1 aliphatic carbocycles. The molecule has 0 saturated carbocycles. The Hall–Kier alpha value is -4.07. The Morgan fingerprint density at radius 1 is 1.17 bits per heavy atom. The molecule has 1 aromatic carbocycles. The Kier molecular flexibility index (Phi) is 4.91. The summed E-state index contributed by atoms with van der Waals surface area (Å²) in [7, 11) is 1.65. The number of aromatic nitrogens is 5. The van der Waals surface area contributed by atoms with Gasteiger partial charge >= 0.3 is 0 Å². The number of nitrogens with zero attached hydrogens (tertiary/aromatic N) is 4. The third-order valence-electron chi connectivity index (χ3n) is 6.75. The molecule has 1 unspecified atom stereocenters. The van der Waals surface area contributed by atoms with Gasteiger partial charge in [-0.3, -0.25) is 9.37 Å². The van der Waals surface area contributed by atoms with Crippen molar-refractivity contribution in [1.82, 2.24) is 25.1 Å². The van der Waals surface area contributed by atoms with Gasteiger partial charge in [-0.25, -0.2) is 9.97 Å². The SMILES string of the molecule is COc1cc2c(cc1-c1c(C)noc1C)[nH]c1nc(C)nc(-c3ccnc4c3C(CF)CC=C4)c12. The van der Waals surface area contributed by atoms with Crippen LogP contribution >= 0.6 is 0 Å². The zero-order valence-corrected chi connectivity index (χ0v) is 19.9. The first-order valence-electron chi connectivity index (χ1n) is 11.5. The predicted octanol–water partition coefficient (Wildman–Crippen LogP) is 6.23. The minimum atomic E-state index is -0.453. The molecule has 0 radical (unpaired) electrons. The average molecular weight is 470 g/mol. The number of allylic oxidation sites excluding steroid dienone is 1. The molecule has 176 valence electrons. The van der Waals surface area contributed by atoms with E-state index in [0.29, 0.717) is 23.6 Å². The molecule has 0 fully saturated rings. The molecule has 1 atom stereocenters. The fourth-order valence-corrected chi connectivity index (χ4v) is 5.22. The number of hydrogen-bond donors (Lipinski definition) is 1.